The third kappa shape index (κ3) is 2.01. The fourth-order valence-corrected chi connectivity index (χ4v) is 2.20. The summed E-state index contributed by atoms with van der Waals surface area (Å²) in [6.45, 7) is 1.64. The molecular formula is C9H13NO2S. The Kier molecular flexibility index (Phi) is 2.93. The second kappa shape index (κ2) is 3.79. The summed E-state index contributed by atoms with van der Waals surface area (Å²) in [6, 6.07) is 6.90. The number of para-hydroxylation sites is 1. The van der Waals surface area contributed by atoms with Crippen LogP contribution in [-0.4, -0.2) is 21.2 Å². The maximum absolute atomic E-state index is 11.5. The topological polar surface area (TPSA) is 46.2 Å². The number of hydrogen-bond donors (Lipinski definition) is 1. The lowest BCUT2D eigenvalue weighted by atomic mass is 10.3. The fourth-order valence-electron chi connectivity index (χ4n) is 1.10. The summed E-state index contributed by atoms with van der Waals surface area (Å²) in [4.78, 5) is 0.375. The van der Waals surface area contributed by atoms with Gasteiger partial charge in [-0.15, -0.1) is 0 Å². The van der Waals surface area contributed by atoms with Gasteiger partial charge in [-0.2, -0.15) is 0 Å². The second-order valence-corrected chi connectivity index (χ2v) is 4.90. The SMILES string of the molecule is CCS(=O)(=O)c1ccccc1NC. The number of sulfone groups is 1. The van der Waals surface area contributed by atoms with Crippen molar-refractivity contribution in [2.45, 2.75) is 11.8 Å². The van der Waals surface area contributed by atoms with E-state index >= 15 is 0 Å². The first-order chi connectivity index (χ1) is 6.11. The minimum absolute atomic E-state index is 0.131. The molecule has 0 saturated carbocycles. The van der Waals surface area contributed by atoms with Gasteiger partial charge in [0.2, 0.25) is 0 Å². The van der Waals surface area contributed by atoms with E-state index < -0.39 is 9.84 Å². The summed E-state index contributed by atoms with van der Waals surface area (Å²) in [5.74, 6) is 0.131. The molecule has 0 fully saturated rings. The fraction of sp³-hybridized carbons (Fsp3) is 0.333. The highest BCUT2D eigenvalue weighted by Gasteiger charge is 2.14. The van der Waals surface area contributed by atoms with Crippen LogP contribution >= 0.6 is 0 Å². The highest BCUT2D eigenvalue weighted by Crippen LogP contribution is 2.20. The van der Waals surface area contributed by atoms with E-state index in [2.05, 4.69) is 5.32 Å². The van der Waals surface area contributed by atoms with Gasteiger partial charge in [0.15, 0.2) is 9.84 Å². The van der Waals surface area contributed by atoms with Gasteiger partial charge in [-0.1, -0.05) is 19.1 Å². The van der Waals surface area contributed by atoms with E-state index in [4.69, 9.17) is 0 Å². The van der Waals surface area contributed by atoms with Crippen molar-refractivity contribution in [1.82, 2.24) is 0 Å². The Balaban J connectivity index is 3.29. The predicted molar refractivity (Wildman–Crippen MR) is 53.7 cm³/mol. The van der Waals surface area contributed by atoms with Crippen LogP contribution in [-0.2, 0) is 9.84 Å². The van der Waals surface area contributed by atoms with E-state index in [1.54, 1.807) is 38.2 Å². The molecule has 0 amide bonds. The van der Waals surface area contributed by atoms with Crippen LogP contribution < -0.4 is 5.32 Å². The normalized spacial score (nSPS) is 11.2. The molecule has 0 aliphatic heterocycles. The molecule has 0 saturated heterocycles. The summed E-state index contributed by atoms with van der Waals surface area (Å²) < 4.78 is 23.1. The lowest BCUT2D eigenvalue weighted by molar-refractivity contribution is 0.597. The molecule has 1 aromatic rings. The van der Waals surface area contributed by atoms with Crippen LogP contribution in [0.5, 0.6) is 0 Å². The Morgan fingerprint density at radius 1 is 1.31 bits per heavy atom. The molecule has 0 unspecified atom stereocenters. The van der Waals surface area contributed by atoms with Crippen LogP contribution in [0.1, 0.15) is 6.92 Å². The summed E-state index contributed by atoms with van der Waals surface area (Å²) in [7, 11) is -1.39. The molecule has 4 heteroatoms. The molecule has 0 bridgehead atoms. The van der Waals surface area contributed by atoms with Gasteiger partial charge in [0, 0.05) is 7.05 Å². The van der Waals surface area contributed by atoms with E-state index in [1.165, 1.54) is 0 Å². The molecule has 0 aromatic heterocycles. The molecule has 13 heavy (non-hydrogen) atoms. The molecule has 1 N–H and O–H groups in total. The Morgan fingerprint density at radius 2 is 1.92 bits per heavy atom. The maximum Gasteiger partial charge on any atom is 0.180 e. The predicted octanol–water partition coefficient (Wildman–Crippen LogP) is 1.52. The summed E-state index contributed by atoms with van der Waals surface area (Å²) >= 11 is 0. The first-order valence-electron chi connectivity index (χ1n) is 4.11. The van der Waals surface area contributed by atoms with E-state index in [9.17, 15) is 8.42 Å². The number of hydrogen-bond acceptors (Lipinski definition) is 3. The first kappa shape index (κ1) is 10.1. The molecule has 0 spiro atoms. The van der Waals surface area contributed by atoms with E-state index in [1.807, 2.05) is 0 Å². The van der Waals surface area contributed by atoms with Gasteiger partial charge < -0.3 is 5.32 Å². The molecule has 0 aliphatic carbocycles. The zero-order valence-electron chi connectivity index (χ0n) is 7.74. The van der Waals surface area contributed by atoms with Crippen LogP contribution in [0.2, 0.25) is 0 Å². The van der Waals surface area contributed by atoms with Crippen molar-refractivity contribution >= 4 is 15.5 Å². The molecular weight excluding hydrogens is 186 g/mol. The number of nitrogens with one attached hydrogen (secondary N) is 1. The van der Waals surface area contributed by atoms with Gasteiger partial charge in [-0.25, -0.2) is 8.42 Å². The standard InChI is InChI=1S/C9H13NO2S/c1-3-13(11,12)9-7-5-4-6-8(9)10-2/h4-7,10H,3H2,1-2H3. The van der Waals surface area contributed by atoms with Crippen LogP contribution in [0, 0.1) is 0 Å². The van der Waals surface area contributed by atoms with Crippen molar-refractivity contribution in [2.24, 2.45) is 0 Å². The Labute approximate surface area is 78.7 Å². The lowest BCUT2D eigenvalue weighted by Crippen LogP contribution is -2.06. The van der Waals surface area contributed by atoms with Crippen LogP contribution in [0.4, 0.5) is 5.69 Å². The largest absolute Gasteiger partial charge is 0.387 e. The maximum atomic E-state index is 11.5. The Hall–Kier alpha value is -1.03. The monoisotopic (exact) mass is 199 g/mol. The molecule has 0 radical (unpaired) electrons. The van der Waals surface area contributed by atoms with Gasteiger partial charge in [0.1, 0.15) is 0 Å². The van der Waals surface area contributed by atoms with Crippen LogP contribution in [0.3, 0.4) is 0 Å². The van der Waals surface area contributed by atoms with Gasteiger partial charge in [-0.05, 0) is 12.1 Å². The number of anilines is 1. The lowest BCUT2D eigenvalue weighted by Gasteiger charge is -2.07. The molecule has 72 valence electrons. The zero-order chi connectivity index (χ0) is 9.90. The van der Waals surface area contributed by atoms with Crippen molar-refractivity contribution in [1.29, 1.82) is 0 Å². The first-order valence-corrected chi connectivity index (χ1v) is 5.76. The van der Waals surface area contributed by atoms with E-state index in [-0.39, 0.29) is 5.75 Å². The van der Waals surface area contributed by atoms with Crippen LogP contribution in [0.25, 0.3) is 0 Å². The van der Waals surface area contributed by atoms with Gasteiger partial charge in [0.25, 0.3) is 0 Å². The average Bonchev–Trinajstić information content (AvgIpc) is 2.18. The second-order valence-electron chi connectivity index (χ2n) is 2.65. The van der Waals surface area contributed by atoms with Gasteiger partial charge in [0.05, 0.1) is 16.3 Å². The van der Waals surface area contributed by atoms with Crippen molar-refractivity contribution in [3.63, 3.8) is 0 Å². The Morgan fingerprint density at radius 3 is 2.46 bits per heavy atom. The summed E-state index contributed by atoms with van der Waals surface area (Å²) in [6.07, 6.45) is 0. The zero-order valence-corrected chi connectivity index (χ0v) is 8.56. The third-order valence-electron chi connectivity index (χ3n) is 1.87. The minimum atomic E-state index is -3.10. The quantitative estimate of drug-likeness (QED) is 0.802. The van der Waals surface area contributed by atoms with Crippen molar-refractivity contribution < 1.29 is 8.42 Å². The molecule has 3 nitrogen and oxygen atoms in total. The average molecular weight is 199 g/mol. The molecule has 1 aromatic carbocycles. The van der Waals surface area contributed by atoms with Crippen LogP contribution in [0.15, 0.2) is 29.2 Å². The molecule has 1 rings (SSSR count). The number of benzene rings is 1. The smallest absolute Gasteiger partial charge is 0.180 e. The third-order valence-corrected chi connectivity index (χ3v) is 3.66. The van der Waals surface area contributed by atoms with E-state index in [0.717, 1.165) is 0 Å². The highest BCUT2D eigenvalue weighted by atomic mass is 32.2. The molecule has 0 aliphatic rings. The summed E-state index contributed by atoms with van der Waals surface area (Å²) in [5, 5.41) is 2.86. The van der Waals surface area contributed by atoms with Gasteiger partial charge in [-0.3, -0.25) is 0 Å². The summed E-state index contributed by atoms with van der Waals surface area (Å²) in [5.41, 5.74) is 0.657. The number of rotatable bonds is 3. The minimum Gasteiger partial charge on any atom is -0.387 e. The van der Waals surface area contributed by atoms with Crippen molar-refractivity contribution in [3.05, 3.63) is 24.3 Å². The van der Waals surface area contributed by atoms with Crippen molar-refractivity contribution in [2.75, 3.05) is 18.1 Å². The van der Waals surface area contributed by atoms with Crippen molar-refractivity contribution in [3.8, 4) is 0 Å². The molecule has 0 heterocycles. The van der Waals surface area contributed by atoms with E-state index in [0.29, 0.717) is 10.6 Å². The Bertz CT molecular complexity index is 384. The molecule has 0 atom stereocenters. The van der Waals surface area contributed by atoms with Gasteiger partial charge >= 0.3 is 0 Å². The highest BCUT2D eigenvalue weighted by molar-refractivity contribution is 7.91.